The van der Waals surface area contributed by atoms with E-state index in [2.05, 4.69) is 29.1 Å². The summed E-state index contributed by atoms with van der Waals surface area (Å²) in [5, 5.41) is 3.02. The molecule has 5 heteroatoms. The molecule has 4 N–H and O–H groups in total. The van der Waals surface area contributed by atoms with Gasteiger partial charge in [0.15, 0.2) is 0 Å². The molecule has 0 radical (unpaired) electrons. The fourth-order valence-corrected chi connectivity index (χ4v) is 2.28. The van der Waals surface area contributed by atoms with E-state index < -0.39 is 0 Å². The molecule has 0 saturated heterocycles. The van der Waals surface area contributed by atoms with Crippen molar-refractivity contribution in [1.29, 1.82) is 0 Å². The Morgan fingerprint density at radius 1 is 1.53 bits per heavy atom. The molecule has 0 aromatic carbocycles. The number of nitrogens with two attached hydrogens (primary N) is 1. The molecule has 0 aliphatic rings. The van der Waals surface area contributed by atoms with Crippen LogP contribution in [0.3, 0.4) is 0 Å². The van der Waals surface area contributed by atoms with Crippen molar-refractivity contribution in [3.63, 3.8) is 0 Å². The van der Waals surface area contributed by atoms with Gasteiger partial charge < -0.3 is 16.0 Å². The van der Waals surface area contributed by atoms with Crippen molar-refractivity contribution >= 4 is 5.91 Å². The van der Waals surface area contributed by atoms with Crippen LogP contribution in [0.1, 0.15) is 51.9 Å². The normalized spacial score (nSPS) is 14.4. The summed E-state index contributed by atoms with van der Waals surface area (Å²) in [4.78, 5) is 19.3. The Hall–Kier alpha value is -1.36. The molecule has 108 valence electrons. The van der Waals surface area contributed by atoms with Crippen molar-refractivity contribution in [2.24, 2.45) is 17.6 Å². The zero-order valence-corrected chi connectivity index (χ0v) is 12.1. The van der Waals surface area contributed by atoms with E-state index in [1.54, 1.807) is 12.4 Å². The highest BCUT2D eigenvalue weighted by atomic mass is 16.1. The summed E-state index contributed by atoms with van der Waals surface area (Å²) >= 11 is 0. The molecule has 0 bridgehead atoms. The van der Waals surface area contributed by atoms with Crippen molar-refractivity contribution in [3.8, 4) is 0 Å². The van der Waals surface area contributed by atoms with Crippen LogP contribution in [0.2, 0.25) is 0 Å². The van der Waals surface area contributed by atoms with E-state index >= 15 is 0 Å². The molecule has 19 heavy (non-hydrogen) atoms. The molecule has 1 amide bonds. The van der Waals surface area contributed by atoms with Crippen molar-refractivity contribution in [3.05, 3.63) is 18.2 Å². The Bertz CT molecular complexity index is 362. The largest absolute Gasteiger partial charge is 0.347 e. The Labute approximate surface area is 115 Å². The van der Waals surface area contributed by atoms with Gasteiger partial charge in [0.2, 0.25) is 5.91 Å². The molecule has 1 aromatic rings. The van der Waals surface area contributed by atoms with Crippen molar-refractivity contribution in [1.82, 2.24) is 15.3 Å². The first-order valence-electron chi connectivity index (χ1n) is 7.05. The van der Waals surface area contributed by atoms with Crippen LogP contribution in [0.4, 0.5) is 0 Å². The van der Waals surface area contributed by atoms with E-state index in [0.717, 1.165) is 18.7 Å². The summed E-state index contributed by atoms with van der Waals surface area (Å²) in [5.41, 5.74) is 5.73. The average molecular weight is 266 g/mol. The number of carbonyl (C=O) groups is 1. The van der Waals surface area contributed by atoms with Gasteiger partial charge in [-0.1, -0.05) is 20.8 Å². The van der Waals surface area contributed by atoms with Crippen molar-refractivity contribution in [2.45, 2.75) is 46.1 Å². The Balaban J connectivity index is 2.48. The third kappa shape index (κ3) is 5.42. The number of nitrogens with one attached hydrogen (secondary N) is 2. The van der Waals surface area contributed by atoms with Crippen LogP contribution >= 0.6 is 0 Å². The predicted octanol–water partition coefficient (Wildman–Crippen LogP) is 1.99. The van der Waals surface area contributed by atoms with Crippen LogP contribution in [0, 0.1) is 11.8 Å². The average Bonchev–Trinajstić information content (AvgIpc) is 2.88. The van der Waals surface area contributed by atoms with Gasteiger partial charge in [-0.05, 0) is 31.2 Å². The standard InChI is InChI=1S/C14H26N4O/c1-4-12(14-16-5-6-17-14)18-13(19)8-11(9-15)7-10(2)3/h5-6,10-12H,4,7-9,15H2,1-3H3,(H,16,17)(H,18,19)/t11-,12?/m0/s1. The highest BCUT2D eigenvalue weighted by Gasteiger charge is 2.18. The number of nitrogens with zero attached hydrogens (tertiary/aromatic N) is 1. The summed E-state index contributed by atoms with van der Waals surface area (Å²) in [6.45, 7) is 6.89. The lowest BCUT2D eigenvalue weighted by Gasteiger charge is -2.19. The molecule has 5 nitrogen and oxygen atoms in total. The van der Waals surface area contributed by atoms with Gasteiger partial charge in [-0.3, -0.25) is 4.79 Å². The monoisotopic (exact) mass is 266 g/mol. The van der Waals surface area contributed by atoms with E-state index in [9.17, 15) is 4.79 Å². The van der Waals surface area contributed by atoms with Gasteiger partial charge in [0.25, 0.3) is 0 Å². The van der Waals surface area contributed by atoms with Gasteiger partial charge in [0.05, 0.1) is 6.04 Å². The summed E-state index contributed by atoms with van der Waals surface area (Å²) in [6.07, 6.45) is 5.77. The smallest absolute Gasteiger partial charge is 0.220 e. The van der Waals surface area contributed by atoms with Crippen molar-refractivity contribution in [2.75, 3.05) is 6.54 Å². The first-order valence-corrected chi connectivity index (χ1v) is 7.05. The first-order chi connectivity index (χ1) is 9.06. The molecule has 1 unspecified atom stereocenters. The molecule has 0 aliphatic heterocycles. The molecule has 0 fully saturated rings. The van der Waals surface area contributed by atoms with Crippen LogP contribution < -0.4 is 11.1 Å². The van der Waals surface area contributed by atoms with Crippen LogP contribution in [0.25, 0.3) is 0 Å². The van der Waals surface area contributed by atoms with Crippen LogP contribution in [-0.4, -0.2) is 22.4 Å². The van der Waals surface area contributed by atoms with Crippen LogP contribution in [0.15, 0.2) is 12.4 Å². The van der Waals surface area contributed by atoms with Crippen LogP contribution in [0.5, 0.6) is 0 Å². The molecule has 0 spiro atoms. The molecular weight excluding hydrogens is 240 g/mol. The Morgan fingerprint density at radius 3 is 2.74 bits per heavy atom. The molecular formula is C14H26N4O. The predicted molar refractivity (Wildman–Crippen MR) is 76.4 cm³/mol. The van der Waals surface area contributed by atoms with E-state index in [0.29, 0.717) is 18.9 Å². The maximum absolute atomic E-state index is 12.1. The minimum atomic E-state index is -0.0417. The molecule has 1 aromatic heterocycles. The van der Waals surface area contributed by atoms with Crippen molar-refractivity contribution < 1.29 is 4.79 Å². The zero-order chi connectivity index (χ0) is 14.3. The summed E-state index contributed by atoms with van der Waals surface area (Å²) in [5.74, 6) is 1.69. The summed E-state index contributed by atoms with van der Waals surface area (Å²) < 4.78 is 0. The second-order valence-corrected chi connectivity index (χ2v) is 5.44. The van der Waals surface area contributed by atoms with Gasteiger partial charge in [-0.2, -0.15) is 0 Å². The van der Waals surface area contributed by atoms with Gasteiger partial charge in [-0.15, -0.1) is 0 Å². The number of hydrogen-bond acceptors (Lipinski definition) is 3. The summed E-state index contributed by atoms with van der Waals surface area (Å²) in [7, 11) is 0. The van der Waals surface area contributed by atoms with Gasteiger partial charge in [0, 0.05) is 18.8 Å². The Kier molecular flexibility index (Phi) is 6.56. The van der Waals surface area contributed by atoms with E-state index in [4.69, 9.17) is 5.73 Å². The zero-order valence-electron chi connectivity index (χ0n) is 12.1. The van der Waals surface area contributed by atoms with E-state index in [1.807, 2.05) is 6.92 Å². The molecule has 1 rings (SSSR count). The fraction of sp³-hybridized carbons (Fsp3) is 0.714. The second kappa shape index (κ2) is 7.94. The number of imidazole rings is 1. The van der Waals surface area contributed by atoms with Gasteiger partial charge in [0.1, 0.15) is 5.82 Å². The Morgan fingerprint density at radius 2 is 2.26 bits per heavy atom. The lowest BCUT2D eigenvalue weighted by molar-refractivity contribution is -0.122. The quantitative estimate of drug-likeness (QED) is 0.672. The SMILES string of the molecule is CCC(NC(=O)C[C@@H](CN)CC(C)C)c1ncc[nH]1. The third-order valence-corrected chi connectivity index (χ3v) is 3.21. The number of carbonyl (C=O) groups excluding carboxylic acids is 1. The van der Waals surface area contributed by atoms with E-state index in [-0.39, 0.29) is 17.9 Å². The maximum Gasteiger partial charge on any atom is 0.220 e. The number of H-pyrrole nitrogens is 1. The minimum absolute atomic E-state index is 0.0417. The topological polar surface area (TPSA) is 83.8 Å². The fourth-order valence-electron chi connectivity index (χ4n) is 2.28. The number of aromatic nitrogens is 2. The number of hydrogen-bond donors (Lipinski definition) is 3. The minimum Gasteiger partial charge on any atom is -0.347 e. The molecule has 0 aliphatic carbocycles. The first kappa shape index (κ1) is 15.7. The van der Waals surface area contributed by atoms with Crippen LogP contribution in [-0.2, 0) is 4.79 Å². The highest BCUT2D eigenvalue weighted by Crippen LogP contribution is 2.16. The lowest BCUT2D eigenvalue weighted by atomic mass is 9.94. The number of amides is 1. The number of aromatic amines is 1. The second-order valence-electron chi connectivity index (χ2n) is 5.44. The van der Waals surface area contributed by atoms with Gasteiger partial charge >= 0.3 is 0 Å². The molecule has 0 saturated carbocycles. The maximum atomic E-state index is 12.1. The van der Waals surface area contributed by atoms with E-state index in [1.165, 1.54) is 0 Å². The lowest BCUT2D eigenvalue weighted by Crippen LogP contribution is -2.32. The molecule has 1 heterocycles. The molecule has 2 atom stereocenters. The van der Waals surface area contributed by atoms with Gasteiger partial charge in [-0.25, -0.2) is 4.98 Å². The highest BCUT2D eigenvalue weighted by molar-refractivity contribution is 5.76. The number of rotatable bonds is 8. The summed E-state index contributed by atoms with van der Waals surface area (Å²) in [6, 6.07) is -0.0417. The third-order valence-electron chi connectivity index (χ3n) is 3.21.